The monoisotopic (exact) mass is 332 g/mol. The molecule has 1 fully saturated rings. The Kier molecular flexibility index (Phi) is 5.99. The van der Waals surface area contributed by atoms with E-state index in [1.165, 1.54) is 0 Å². The van der Waals surface area contributed by atoms with Crippen molar-refractivity contribution in [2.24, 2.45) is 5.92 Å². The van der Waals surface area contributed by atoms with Crippen molar-refractivity contribution in [3.8, 4) is 0 Å². The Bertz CT molecular complexity index is 573. The van der Waals surface area contributed by atoms with E-state index in [0.717, 1.165) is 24.3 Å². The number of rotatable bonds is 7. The molecule has 1 heterocycles. The molecule has 1 aliphatic rings. The summed E-state index contributed by atoms with van der Waals surface area (Å²) in [6.45, 7) is 7.88. The largest absolute Gasteiger partial charge is 0.480 e. The van der Waals surface area contributed by atoms with Crippen molar-refractivity contribution >= 4 is 17.4 Å². The first-order valence-corrected chi connectivity index (χ1v) is 8.64. The maximum atomic E-state index is 11.6. The van der Waals surface area contributed by atoms with Crippen LogP contribution in [0, 0.1) is 5.92 Å². The van der Waals surface area contributed by atoms with Gasteiger partial charge in [-0.25, -0.2) is 0 Å². The van der Waals surface area contributed by atoms with Gasteiger partial charge in [0.05, 0.1) is 0 Å². The summed E-state index contributed by atoms with van der Waals surface area (Å²) in [6, 6.07) is 8.15. The van der Waals surface area contributed by atoms with Gasteiger partial charge in [0.15, 0.2) is 0 Å². The van der Waals surface area contributed by atoms with Crippen LogP contribution in [0.1, 0.15) is 45.6 Å². The van der Waals surface area contributed by atoms with Gasteiger partial charge < -0.3 is 10.0 Å². The second-order valence-corrected chi connectivity index (χ2v) is 7.28. The lowest BCUT2D eigenvalue weighted by Gasteiger charge is -2.29. The third kappa shape index (κ3) is 4.81. The third-order valence-corrected chi connectivity index (χ3v) is 4.59. The van der Waals surface area contributed by atoms with Crippen molar-refractivity contribution in [2.45, 2.75) is 52.1 Å². The predicted molar refractivity (Wildman–Crippen MR) is 95.2 cm³/mol. The summed E-state index contributed by atoms with van der Waals surface area (Å²) in [5.74, 6) is -0.168. The number of carbonyl (C=O) groups excluding carboxylic acids is 1. The summed E-state index contributed by atoms with van der Waals surface area (Å²) in [7, 11) is 0. The van der Waals surface area contributed by atoms with Gasteiger partial charge in [-0.15, -0.1) is 0 Å². The molecule has 5 nitrogen and oxygen atoms in total. The molecule has 0 spiro atoms. The molecule has 0 bridgehead atoms. The topological polar surface area (TPSA) is 69.6 Å². The zero-order valence-electron chi connectivity index (χ0n) is 14.8. The highest BCUT2D eigenvalue weighted by Crippen LogP contribution is 2.21. The van der Waals surface area contributed by atoms with Crippen molar-refractivity contribution in [2.75, 3.05) is 18.0 Å². The van der Waals surface area contributed by atoms with Crippen LogP contribution < -0.4 is 10.2 Å². The van der Waals surface area contributed by atoms with Crippen LogP contribution in [0.25, 0.3) is 0 Å². The van der Waals surface area contributed by atoms with Crippen molar-refractivity contribution in [1.82, 2.24) is 5.32 Å². The summed E-state index contributed by atoms with van der Waals surface area (Å²) in [5, 5.41) is 12.7. The fraction of sp³-hybridized carbons (Fsp3) is 0.579. The van der Waals surface area contributed by atoms with Gasteiger partial charge in [0.2, 0.25) is 0 Å². The zero-order valence-corrected chi connectivity index (χ0v) is 14.8. The molecule has 132 valence electrons. The fourth-order valence-electron chi connectivity index (χ4n) is 3.19. The number of carbonyl (C=O) groups is 2. The molecule has 2 rings (SSSR count). The van der Waals surface area contributed by atoms with E-state index in [1.807, 2.05) is 38.1 Å². The number of Topliss-reactive ketones (excluding diaryl/α,β-unsaturated/α-hetero) is 1. The summed E-state index contributed by atoms with van der Waals surface area (Å²) in [4.78, 5) is 25.1. The van der Waals surface area contributed by atoms with E-state index >= 15 is 0 Å². The molecular formula is C19H28N2O3. The van der Waals surface area contributed by atoms with E-state index < -0.39 is 11.5 Å². The Balaban J connectivity index is 1.96. The number of carboxylic acid groups (broad SMARTS) is 1. The van der Waals surface area contributed by atoms with E-state index in [9.17, 15) is 14.7 Å². The Morgan fingerprint density at radius 2 is 1.83 bits per heavy atom. The molecule has 1 saturated heterocycles. The number of nitrogens with zero attached hydrogens (tertiary/aromatic N) is 1. The van der Waals surface area contributed by atoms with Crippen LogP contribution in [0.4, 0.5) is 5.69 Å². The Morgan fingerprint density at radius 1 is 1.25 bits per heavy atom. The first-order valence-electron chi connectivity index (χ1n) is 8.64. The van der Waals surface area contributed by atoms with Gasteiger partial charge in [0, 0.05) is 38.2 Å². The quantitative estimate of drug-likeness (QED) is 0.803. The number of piperidine rings is 1. The summed E-state index contributed by atoms with van der Waals surface area (Å²) < 4.78 is 0. The number of carboxylic acids is 1. The molecule has 1 aromatic rings. The molecule has 5 heteroatoms. The maximum Gasteiger partial charge on any atom is 0.323 e. The van der Waals surface area contributed by atoms with E-state index in [4.69, 9.17) is 0 Å². The van der Waals surface area contributed by atoms with Crippen LogP contribution in [0.15, 0.2) is 24.3 Å². The van der Waals surface area contributed by atoms with Crippen LogP contribution in [0.2, 0.25) is 0 Å². The SMILES string of the molecule is CC(C)CC(C)(NCc1ccc(N2CCC(=O)CC2)cc1)C(=O)O. The minimum absolute atomic E-state index is 0.308. The minimum Gasteiger partial charge on any atom is -0.480 e. The van der Waals surface area contributed by atoms with Gasteiger partial charge >= 0.3 is 5.97 Å². The molecule has 0 aliphatic carbocycles. The minimum atomic E-state index is -0.917. The van der Waals surface area contributed by atoms with E-state index in [-0.39, 0.29) is 0 Å². The maximum absolute atomic E-state index is 11.6. The Morgan fingerprint density at radius 3 is 2.33 bits per heavy atom. The van der Waals surface area contributed by atoms with E-state index in [2.05, 4.69) is 10.2 Å². The van der Waals surface area contributed by atoms with Crippen molar-refractivity contribution in [3.63, 3.8) is 0 Å². The lowest BCUT2D eigenvalue weighted by molar-refractivity contribution is -0.145. The standard InChI is InChI=1S/C19H28N2O3/c1-14(2)12-19(3,18(23)24)20-13-15-4-6-16(7-5-15)21-10-8-17(22)9-11-21/h4-7,14,20H,8-13H2,1-3H3,(H,23,24). The lowest BCUT2D eigenvalue weighted by atomic mass is 9.90. The number of nitrogens with one attached hydrogen (secondary N) is 1. The second kappa shape index (κ2) is 7.79. The third-order valence-electron chi connectivity index (χ3n) is 4.59. The highest BCUT2D eigenvalue weighted by molar-refractivity contribution is 5.81. The van der Waals surface area contributed by atoms with Crippen LogP contribution in [0.5, 0.6) is 0 Å². The average Bonchev–Trinajstić information content (AvgIpc) is 2.53. The number of hydrogen-bond donors (Lipinski definition) is 2. The molecule has 2 N–H and O–H groups in total. The van der Waals surface area contributed by atoms with Gasteiger partial charge in [-0.1, -0.05) is 26.0 Å². The van der Waals surface area contributed by atoms with Gasteiger partial charge in [-0.3, -0.25) is 14.9 Å². The lowest BCUT2D eigenvalue weighted by Crippen LogP contribution is -2.49. The first kappa shape index (κ1) is 18.5. The fourth-order valence-corrected chi connectivity index (χ4v) is 3.19. The van der Waals surface area contributed by atoms with Gasteiger partial charge in [0.1, 0.15) is 11.3 Å². The molecular weight excluding hydrogens is 304 g/mol. The van der Waals surface area contributed by atoms with Crippen LogP contribution in [0.3, 0.4) is 0 Å². The van der Waals surface area contributed by atoms with E-state index in [0.29, 0.717) is 37.5 Å². The molecule has 24 heavy (non-hydrogen) atoms. The number of hydrogen-bond acceptors (Lipinski definition) is 4. The first-order chi connectivity index (χ1) is 11.3. The average molecular weight is 332 g/mol. The van der Waals surface area contributed by atoms with Crippen LogP contribution in [-0.2, 0) is 16.1 Å². The highest BCUT2D eigenvalue weighted by Gasteiger charge is 2.33. The zero-order chi connectivity index (χ0) is 17.7. The summed E-state index contributed by atoms with van der Waals surface area (Å²) in [5.41, 5.74) is 1.26. The Labute approximate surface area is 144 Å². The molecule has 1 atom stereocenters. The molecule has 0 radical (unpaired) electrons. The molecule has 1 aliphatic heterocycles. The summed E-state index contributed by atoms with van der Waals surface area (Å²) >= 11 is 0. The molecule has 1 unspecified atom stereocenters. The van der Waals surface area contributed by atoms with Crippen LogP contribution >= 0.6 is 0 Å². The van der Waals surface area contributed by atoms with Crippen molar-refractivity contribution in [3.05, 3.63) is 29.8 Å². The summed E-state index contributed by atoms with van der Waals surface area (Å²) in [6.07, 6.45) is 1.83. The molecule has 0 saturated carbocycles. The highest BCUT2D eigenvalue weighted by atomic mass is 16.4. The van der Waals surface area contributed by atoms with Crippen molar-refractivity contribution in [1.29, 1.82) is 0 Å². The Hall–Kier alpha value is -1.88. The smallest absolute Gasteiger partial charge is 0.323 e. The van der Waals surface area contributed by atoms with Crippen LogP contribution in [-0.4, -0.2) is 35.5 Å². The van der Waals surface area contributed by atoms with E-state index in [1.54, 1.807) is 6.92 Å². The molecule has 0 aromatic heterocycles. The predicted octanol–water partition coefficient (Wildman–Crippen LogP) is 2.83. The van der Waals surface area contributed by atoms with Gasteiger partial charge in [-0.2, -0.15) is 0 Å². The normalized spacial score (nSPS) is 17.8. The van der Waals surface area contributed by atoms with Gasteiger partial charge in [-0.05, 0) is 37.0 Å². The number of aliphatic carboxylic acids is 1. The van der Waals surface area contributed by atoms with Gasteiger partial charge in [0.25, 0.3) is 0 Å². The second-order valence-electron chi connectivity index (χ2n) is 7.28. The number of ketones is 1. The number of anilines is 1. The van der Waals surface area contributed by atoms with Crippen molar-refractivity contribution < 1.29 is 14.7 Å². The molecule has 0 amide bonds. The number of benzene rings is 1. The molecule has 1 aromatic carbocycles.